The van der Waals surface area contributed by atoms with Crippen molar-refractivity contribution in [2.75, 3.05) is 0 Å². The van der Waals surface area contributed by atoms with E-state index in [0.717, 1.165) is 5.92 Å². The van der Waals surface area contributed by atoms with E-state index in [9.17, 15) is 0 Å². The SMILES string of the molecule is [CH2]C(C)C(CC)CCC. The Morgan fingerprint density at radius 1 is 1.33 bits per heavy atom. The van der Waals surface area contributed by atoms with E-state index in [1.165, 1.54) is 19.3 Å². The van der Waals surface area contributed by atoms with Gasteiger partial charge in [0.15, 0.2) is 0 Å². The van der Waals surface area contributed by atoms with Crippen LogP contribution in [0.2, 0.25) is 0 Å². The molecule has 0 bridgehead atoms. The van der Waals surface area contributed by atoms with Gasteiger partial charge in [-0.2, -0.15) is 0 Å². The van der Waals surface area contributed by atoms with Gasteiger partial charge in [0.1, 0.15) is 0 Å². The molecule has 1 radical (unpaired) electrons. The minimum absolute atomic E-state index is 0.634. The molecule has 0 aliphatic heterocycles. The summed E-state index contributed by atoms with van der Waals surface area (Å²) in [5.41, 5.74) is 0. The molecule has 0 saturated heterocycles. The third-order valence-electron chi connectivity index (χ3n) is 1.99. The van der Waals surface area contributed by atoms with Crippen LogP contribution >= 0.6 is 0 Å². The highest BCUT2D eigenvalue weighted by Crippen LogP contribution is 2.19. The van der Waals surface area contributed by atoms with Gasteiger partial charge in [-0.15, -0.1) is 0 Å². The van der Waals surface area contributed by atoms with E-state index < -0.39 is 0 Å². The first-order valence-corrected chi connectivity index (χ1v) is 4.05. The molecule has 0 fully saturated rings. The summed E-state index contributed by atoms with van der Waals surface area (Å²) in [6, 6.07) is 0. The molecule has 2 unspecified atom stereocenters. The Hall–Kier alpha value is 0. The van der Waals surface area contributed by atoms with E-state index in [2.05, 4.69) is 27.7 Å². The van der Waals surface area contributed by atoms with Gasteiger partial charge in [-0.05, 0) is 11.8 Å². The lowest BCUT2D eigenvalue weighted by Crippen LogP contribution is -2.06. The smallest absolute Gasteiger partial charge is 0.0391 e. The molecule has 2 atom stereocenters. The Bertz CT molecular complexity index is 55.1. The van der Waals surface area contributed by atoms with Crippen LogP contribution in [-0.2, 0) is 0 Å². The Labute approximate surface area is 59.7 Å². The zero-order chi connectivity index (χ0) is 7.28. The van der Waals surface area contributed by atoms with Crippen molar-refractivity contribution in [1.29, 1.82) is 0 Å². The molecule has 0 aromatic carbocycles. The molecule has 0 aromatic rings. The van der Waals surface area contributed by atoms with Gasteiger partial charge in [0.2, 0.25) is 0 Å². The van der Waals surface area contributed by atoms with Gasteiger partial charge in [-0.3, -0.25) is 0 Å². The second-order valence-corrected chi connectivity index (χ2v) is 2.93. The molecule has 0 heteroatoms. The van der Waals surface area contributed by atoms with Gasteiger partial charge in [-0.1, -0.05) is 47.0 Å². The summed E-state index contributed by atoms with van der Waals surface area (Å²) in [7, 11) is 0. The number of rotatable bonds is 4. The van der Waals surface area contributed by atoms with E-state index in [0.29, 0.717) is 5.92 Å². The molecule has 0 aromatic heterocycles. The summed E-state index contributed by atoms with van der Waals surface area (Å²) in [4.78, 5) is 0. The predicted molar refractivity (Wildman–Crippen MR) is 43.2 cm³/mol. The lowest BCUT2D eigenvalue weighted by atomic mass is 9.89. The Morgan fingerprint density at radius 2 is 1.89 bits per heavy atom. The van der Waals surface area contributed by atoms with Crippen LogP contribution in [0.25, 0.3) is 0 Å². The second kappa shape index (κ2) is 4.84. The largest absolute Gasteiger partial charge is 0.0654 e. The first kappa shape index (κ1) is 9.00. The third-order valence-corrected chi connectivity index (χ3v) is 1.99. The molecule has 0 N–H and O–H groups in total. The van der Waals surface area contributed by atoms with Gasteiger partial charge in [0.05, 0.1) is 0 Å². The van der Waals surface area contributed by atoms with Crippen molar-refractivity contribution in [2.45, 2.75) is 40.0 Å². The molecule has 0 amide bonds. The molecule has 55 valence electrons. The normalized spacial score (nSPS) is 14.3. The van der Waals surface area contributed by atoms with Crippen LogP contribution in [0.1, 0.15) is 40.0 Å². The number of hydrogen-bond acceptors (Lipinski definition) is 0. The molecule has 0 spiro atoms. The third kappa shape index (κ3) is 3.56. The van der Waals surface area contributed by atoms with Crippen molar-refractivity contribution in [3.05, 3.63) is 6.92 Å². The topological polar surface area (TPSA) is 0 Å². The zero-order valence-electron chi connectivity index (χ0n) is 6.98. The van der Waals surface area contributed by atoms with E-state index >= 15 is 0 Å². The fourth-order valence-electron chi connectivity index (χ4n) is 1.26. The highest BCUT2D eigenvalue weighted by atomic mass is 14.1. The average molecular weight is 127 g/mol. The highest BCUT2D eigenvalue weighted by molar-refractivity contribution is 4.65. The quantitative estimate of drug-likeness (QED) is 0.543. The predicted octanol–water partition coefficient (Wildman–Crippen LogP) is 3.28. The maximum absolute atomic E-state index is 4.03. The monoisotopic (exact) mass is 127 g/mol. The van der Waals surface area contributed by atoms with Crippen molar-refractivity contribution in [3.8, 4) is 0 Å². The van der Waals surface area contributed by atoms with Gasteiger partial charge in [0, 0.05) is 0 Å². The summed E-state index contributed by atoms with van der Waals surface area (Å²) in [6.45, 7) is 10.7. The summed E-state index contributed by atoms with van der Waals surface area (Å²) < 4.78 is 0. The van der Waals surface area contributed by atoms with Crippen LogP contribution in [0.5, 0.6) is 0 Å². The molecule has 0 heterocycles. The van der Waals surface area contributed by atoms with Crippen molar-refractivity contribution >= 4 is 0 Å². The molecule has 0 nitrogen and oxygen atoms in total. The summed E-state index contributed by atoms with van der Waals surface area (Å²) in [5.74, 6) is 1.49. The van der Waals surface area contributed by atoms with Crippen LogP contribution < -0.4 is 0 Å². The summed E-state index contributed by atoms with van der Waals surface area (Å²) in [6.07, 6.45) is 3.94. The van der Waals surface area contributed by atoms with Crippen LogP contribution in [0.4, 0.5) is 0 Å². The van der Waals surface area contributed by atoms with Crippen LogP contribution in [0, 0.1) is 18.8 Å². The molecule has 0 aliphatic carbocycles. The lowest BCUT2D eigenvalue weighted by molar-refractivity contribution is 0.373. The Morgan fingerprint density at radius 3 is 2.00 bits per heavy atom. The Kier molecular flexibility index (Phi) is 4.84. The first-order valence-electron chi connectivity index (χ1n) is 4.05. The average Bonchev–Trinajstić information content (AvgIpc) is 1.82. The van der Waals surface area contributed by atoms with E-state index in [4.69, 9.17) is 0 Å². The molecular weight excluding hydrogens is 108 g/mol. The minimum Gasteiger partial charge on any atom is -0.0654 e. The molecule has 0 rings (SSSR count). The zero-order valence-corrected chi connectivity index (χ0v) is 6.98. The Balaban J connectivity index is 3.41. The van der Waals surface area contributed by atoms with Crippen molar-refractivity contribution in [1.82, 2.24) is 0 Å². The lowest BCUT2D eigenvalue weighted by Gasteiger charge is -2.16. The van der Waals surface area contributed by atoms with Crippen LogP contribution in [0.15, 0.2) is 0 Å². The maximum Gasteiger partial charge on any atom is -0.0391 e. The van der Waals surface area contributed by atoms with Crippen molar-refractivity contribution < 1.29 is 0 Å². The molecule has 9 heavy (non-hydrogen) atoms. The van der Waals surface area contributed by atoms with Gasteiger partial charge in [-0.25, -0.2) is 0 Å². The minimum atomic E-state index is 0.634. The molecule has 0 saturated carbocycles. The van der Waals surface area contributed by atoms with Gasteiger partial charge < -0.3 is 0 Å². The van der Waals surface area contributed by atoms with E-state index in [1.807, 2.05) is 0 Å². The first-order chi connectivity index (χ1) is 4.22. The molecule has 0 aliphatic rings. The van der Waals surface area contributed by atoms with Crippen LogP contribution in [0.3, 0.4) is 0 Å². The fourth-order valence-corrected chi connectivity index (χ4v) is 1.26. The standard InChI is InChI=1S/C9H19/c1-5-7-9(6-2)8(3)4/h8-9H,3,5-7H2,1-2,4H3. The van der Waals surface area contributed by atoms with Crippen molar-refractivity contribution in [2.24, 2.45) is 11.8 Å². The summed E-state index contributed by atoms with van der Waals surface area (Å²) in [5, 5.41) is 0. The van der Waals surface area contributed by atoms with Crippen molar-refractivity contribution in [3.63, 3.8) is 0 Å². The van der Waals surface area contributed by atoms with E-state index in [-0.39, 0.29) is 0 Å². The highest BCUT2D eigenvalue weighted by Gasteiger charge is 2.08. The fraction of sp³-hybridized carbons (Fsp3) is 0.889. The van der Waals surface area contributed by atoms with E-state index in [1.54, 1.807) is 0 Å². The van der Waals surface area contributed by atoms with Crippen LogP contribution in [-0.4, -0.2) is 0 Å². The maximum atomic E-state index is 4.03. The van der Waals surface area contributed by atoms with Gasteiger partial charge in [0.25, 0.3) is 0 Å². The summed E-state index contributed by atoms with van der Waals surface area (Å²) >= 11 is 0. The molecular formula is C9H19. The second-order valence-electron chi connectivity index (χ2n) is 2.93. The number of hydrogen-bond donors (Lipinski definition) is 0. The van der Waals surface area contributed by atoms with Gasteiger partial charge >= 0.3 is 0 Å².